The lowest BCUT2D eigenvalue weighted by atomic mass is 10.0. The van der Waals surface area contributed by atoms with Crippen LogP contribution in [0.5, 0.6) is 5.75 Å². The Bertz CT molecular complexity index is 599. The minimum absolute atomic E-state index is 0.285. The van der Waals surface area contributed by atoms with Gasteiger partial charge in [-0.05, 0) is 31.2 Å². The highest BCUT2D eigenvalue weighted by Gasteiger charge is 2.16. The summed E-state index contributed by atoms with van der Waals surface area (Å²) in [5, 5.41) is 0. The SMILES string of the molecule is COc1cccc(N(C)c2cccc(F)c2[C@H](C)N)c1. The molecular formula is C16H19FN2O. The minimum Gasteiger partial charge on any atom is -0.497 e. The molecule has 0 aromatic heterocycles. The molecule has 0 radical (unpaired) electrons. The summed E-state index contributed by atoms with van der Waals surface area (Å²) < 4.78 is 19.2. The van der Waals surface area contributed by atoms with Crippen molar-refractivity contribution < 1.29 is 9.13 Å². The molecule has 2 rings (SSSR count). The topological polar surface area (TPSA) is 38.5 Å². The molecule has 0 aliphatic rings. The van der Waals surface area contributed by atoms with E-state index in [-0.39, 0.29) is 11.9 Å². The van der Waals surface area contributed by atoms with Gasteiger partial charge in [0.15, 0.2) is 0 Å². The zero-order chi connectivity index (χ0) is 14.7. The van der Waals surface area contributed by atoms with E-state index in [1.54, 1.807) is 20.1 Å². The summed E-state index contributed by atoms with van der Waals surface area (Å²) in [7, 11) is 3.50. The minimum atomic E-state index is -0.376. The molecule has 0 saturated carbocycles. The standard InChI is InChI=1S/C16H19FN2O/c1-11(18)16-14(17)8-5-9-15(16)19(2)12-6-4-7-13(10-12)20-3/h4-11H,18H2,1-3H3/t11-/m0/s1. The van der Waals surface area contributed by atoms with Gasteiger partial charge in [-0.2, -0.15) is 0 Å². The summed E-state index contributed by atoms with van der Waals surface area (Å²) in [6.45, 7) is 1.78. The normalized spacial score (nSPS) is 12.1. The fourth-order valence-electron chi connectivity index (χ4n) is 2.23. The highest BCUT2D eigenvalue weighted by molar-refractivity contribution is 5.67. The highest BCUT2D eigenvalue weighted by atomic mass is 19.1. The summed E-state index contributed by atoms with van der Waals surface area (Å²) in [6, 6.07) is 12.2. The third kappa shape index (κ3) is 2.75. The molecule has 0 aliphatic heterocycles. The second-order valence-corrected chi connectivity index (χ2v) is 4.72. The van der Waals surface area contributed by atoms with Crippen LogP contribution in [0, 0.1) is 5.82 Å². The van der Waals surface area contributed by atoms with Crippen LogP contribution in [-0.4, -0.2) is 14.2 Å². The van der Waals surface area contributed by atoms with Crippen molar-refractivity contribution in [3.8, 4) is 5.75 Å². The average Bonchev–Trinajstić information content (AvgIpc) is 2.45. The van der Waals surface area contributed by atoms with E-state index in [1.807, 2.05) is 42.3 Å². The number of halogens is 1. The van der Waals surface area contributed by atoms with Crippen LogP contribution in [0.15, 0.2) is 42.5 Å². The molecule has 0 spiro atoms. The lowest BCUT2D eigenvalue weighted by Gasteiger charge is -2.24. The first-order chi connectivity index (χ1) is 9.54. The first-order valence-corrected chi connectivity index (χ1v) is 6.46. The second kappa shape index (κ2) is 5.92. The first-order valence-electron chi connectivity index (χ1n) is 6.46. The van der Waals surface area contributed by atoms with Gasteiger partial charge in [0.2, 0.25) is 0 Å². The van der Waals surface area contributed by atoms with Crippen molar-refractivity contribution in [2.24, 2.45) is 5.73 Å². The molecule has 0 fully saturated rings. The fourth-order valence-corrected chi connectivity index (χ4v) is 2.23. The van der Waals surface area contributed by atoms with Gasteiger partial charge >= 0.3 is 0 Å². The molecule has 2 aromatic rings. The summed E-state index contributed by atoms with van der Waals surface area (Å²) in [6.07, 6.45) is 0. The molecule has 106 valence electrons. The number of ether oxygens (including phenoxy) is 1. The lowest BCUT2D eigenvalue weighted by Crippen LogP contribution is -2.17. The van der Waals surface area contributed by atoms with Crippen LogP contribution >= 0.6 is 0 Å². The van der Waals surface area contributed by atoms with Crippen molar-refractivity contribution in [1.82, 2.24) is 0 Å². The average molecular weight is 274 g/mol. The molecule has 3 nitrogen and oxygen atoms in total. The molecule has 4 heteroatoms. The number of rotatable bonds is 4. The number of nitrogens with two attached hydrogens (primary N) is 1. The van der Waals surface area contributed by atoms with Gasteiger partial charge in [0, 0.05) is 36.1 Å². The summed E-state index contributed by atoms with van der Waals surface area (Å²) >= 11 is 0. The molecule has 2 aromatic carbocycles. The first kappa shape index (κ1) is 14.3. The second-order valence-electron chi connectivity index (χ2n) is 4.72. The quantitative estimate of drug-likeness (QED) is 0.925. The molecular weight excluding hydrogens is 255 g/mol. The zero-order valence-electron chi connectivity index (χ0n) is 11.9. The van der Waals surface area contributed by atoms with Gasteiger partial charge in [0.25, 0.3) is 0 Å². The molecule has 0 unspecified atom stereocenters. The van der Waals surface area contributed by atoms with Crippen LogP contribution in [0.4, 0.5) is 15.8 Å². The van der Waals surface area contributed by atoms with Crippen LogP contribution in [0.3, 0.4) is 0 Å². The maximum atomic E-state index is 14.0. The van der Waals surface area contributed by atoms with Gasteiger partial charge in [-0.3, -0.25) is 0 Å². The van der Waals surface area contributed by atoms with Crippen molar-refractivity contribution in [3.63, 3.8) is 0 Å². The predicted octanol–water partition coefficient (Wildman–Crippen LogP) is 3.62. The summed E-state index contributed by atoms with van der Waals surface area (Å²) in [4.78, 5) is 1.91. The maximum Gasteiger partial charge on any atom is 0.130 e. The van der Waals surface area contributed by atoms with Gasteiger partial charge in [-0.25, -0.2) is 4.39 Å². The van der Waals surface area contributed by atoms with E-state index in [1.165, 1.54) is 6.07 Å². The van der Waals surface area contributed by atoms with E-state index in [0.717, 1.165) is 17.1 Å². The van der Waals surface area contributed by atoms with Crippen molar-refractivity contribution in [3.05, 3.63) is 53.8 Å². The third-order valence-corrected chi connectivity index (χ3v) is 3.29. The molecule has 1 atom stereocenters. The number of benzene rings is 2. The lowest BCUT2D eigenvalue weighted by molar-refractivity contribution is 0.415. The van der Waals surface area contributed by atoms with Crippen LogP contribution < -0.4 is 15.4 Å². The zero-order valence-corrected chi connectivity index (χ0v) is 11.9. The van der Waals surface area contributed by atoms with Crippen LogP contribution in [0.1, 0.15) is 18.5 Å². The Kier molecular flexibility index (Phi) is 4.25. The molecule has 20 heavy (non-hydrogen) atoms. The maximum absolute atomic E-state index is 14.0. The van der Waals surface area contributed by atoms with Crippen molar-refractivity contribution in [2.45, 2.75) is 13.0 Å². The molecule has 2 N–H and O–H groups in total. The van der Waals surface area contributed by atoms with E-state index < -0.39 is 0 Å². The van der Waals surface area contributed by atoms with Gasteiger partial charge < -0.3 is 15.4 Å². The molecule has 0 bridgehead atoms. The molecule has 0 aliphatic carbocycles. The van der Waals surface area contributed by atoms with E-state index in [4.69, 9.17) is 10.5 Å². The van der Waals surface area contributed by atoms with Crippen molar-refractivity contribution in [1.29, 1.82) is 0 Å². The monoisotopic (exact) mass is 274 g/mol. The Morgan fingerprint density at radius 2 is 1.90 bits per heavy atom. The van der Waals surface area contributed by atoms with Gasteiger partial charge in [-0.1, -0.05) is 12.1 Å². The summed E-state index contributed by atoms with van der Waals surface area (Å²) in [5.74, 6) is 0.473. The Labute approximate surface area is 118 Å². The van der Waals surface area contributed by atoms with Gasteiger partial charge in [0.05, 0.1) is 7.11 Å². The molecule has 0 heterocycles. The Balaban J connectivity index is 2.47. The molecule has 0 saturated heterocycles. The number of hydrogen-bond donors (Lipinski definition) is 1. The van der Waals surface area contributed by atoms with E-state index in [0.29, 0.717) is 5.56 Å². The van der Waals surface area contributed by atoms with Crippen LogP contribution in [0.25, 0.3) is 0 Å². The van der Waals surface area contributed by atoms with E-state index >= 15 is 0 Å². The van der Waals surface area contributed by atoms with Gasteiger partial charge in [0.1, 0.15) is 11.6 Å². The van der Waals surface area contributed by atoms with E-state index in [2.05, 4.69) is 0 Å². The van der Waals surface area contributed by atoms with Crippen LogP contribution in [-0.2, 0) is 0 Å². The Hall–Kier alpha value is -2.07. The third-order valence-electron chi connectivity index (χ3n) is 3.29. The summed E-state index contributed by atoms with van der Waals surface area (Å²) in [5.41, 5.74) is 8.08. The smallest absolute Gasteiger partial charge is 0.130 e. The number of anilines is 2. The Morgan fingerprint density at radius 1 is 1.20 bits per heavy atom. The number of methoxy groups -OCH3 is 1. The van der Waals surface area contributed by atoms with Gasteiger partial charge in [-0.15, -0.1) is 0 Å². The van der Waals surface area contributed by atoms with Crippen LogP contribution in [0.2, 0.25) is 0 Å². The van der Waals surface area contributed by atoms with E-state index in [9.17, 15) is 4.39 Å². The van der Waals surface area contributed by atoms with Crippen molar-refractivity contribution in [2.75, 3.05) is 19.1 Å². The highest BCUT2D eigenvalue weighted by Crippen LogP contribution is 2.33. The number of hydrogen-bond acceptors (Lipinski definition) is 3. The largest absolute Gasteiger partial charge is 0.497 e. The fraction of sp³-hybridized carbons (Fsp3) is 0.250. The predicted molar refractivity (Wildman–Crippen MR) is 80.1 cm³/mol. The van der Waals surface area contributed by atoms with Crippen molar-refractivity contribution >= 4 is 11.4 Å². The number of nitrogens with zero attached hydrogens (tertiary/aromatic N) is 1. The Morgan fingerprint density at radius 3 is 2.55 bits per heavy atom. The molecule has 0 amide bonds.